The molecule has 1 rings (SSSR count). The molecule has 0 aliphatic carbocycles. The molecule has 0 spiro atoms. The van der Waals surface area contributed by atoms with Gasteiger partial charge in [-0.25, -0.2) is 23.1 Å². The molecule has 0 radical (unpaired) electrons. The van der Waals surface area contributed by atoms with Crippen LogP contribution in [0, 0.1) is 0 Å². The number of sulfonamides is 1. The second-order valence-corrected chi connectivity index (χ2v) is 5.48. The zero-order valence-corrected chi connectivity index (χ0v) is 10.8. The highest BCUT2D eigenvalue weighted by atomic mass is 32.2. The van der Waals surface area contributed by atoms with E-state index in [1.165, 1.54) is 12.4 Å². The lowest BCUT2D eigenvalue weighted by Gasteiger charge is -2.08. The number of hydrogen-bond acceptors (Lipinski definition) is 6. The summed E-state index contributed by atoms with van der Waals surface area (Å²) in [5.74, 6) is 0.440. The number of nitrogens with two attached hydrogens (primary N) is 1. The maximum absolute atomic E-state index is 10.8. The van der Waals surface area contributed by atoms with Crippen molar-refractivity contribution in [2.75, 3.05) is 24.7 Å². The number of anilines is 1. The molecule has 0 aliphatic rings. The van der Waals surface area contributed by atoms with E-state index in [0.29, 0.717) is 18.1 Å². The molecule has 9 heteroatoms. The van der Waals surface area contributed by atoms with Crippen LogP contribution in [0.1, 0.15) is 5.69 Å². The van der Waals surface area contributed by atoms with Gasteiger partial charge in [-0.05, 0) is 0 Å². The molecule has 94 valence electrons. The predicted octanol–water partition coefficient (Wildman–Crippen LogP) is -0.928. The van der Waals surface area contributed by atoms with Crippen molar-refractivity contribution in [2.24, 2.45) is 5.73 Å². The maximum Gasteiger partial charge on any atom is 0.208 e. The van der Waals surface area contributed by atoms with E-state index >= 15 is 0 Å². The van der Waals surface area contributed by atoms with E-state index in [1.54, 1.807) is 0 Å². The van der Waals surface area contributed by atoms with Crippen molar-refractivity contribution in [2.45, 2.75) is 0 Å². The second kappa shape index (κ2) is 5.84. The van der Waals surface area contributed by atoms with Crippen molar-refractivity contribution >= 4 is 33.0 Å². The lowest BCUT2D eigenvalue weighted by Crippen LogP contribution is -2.28. The van der Waals surface area contributed by atoms with Crippen LogP contribution < -0.4 is 15.8 Å². The maximum atomic E-state index is 10.8. The number of hydrogen-bond donors (Lipinski definition) is 3. The summed E-state index contributed by atoms with van der Waals surface area (Å²) in [7, 11) is -3.18. The fraction of sp³-hybridized carbons (Fsp3) is 0.375. The Kier molecular flexibility index (Phi) is 4.73. The Morgan fingerprint density at radius 3 is 2.65 bits per heavy atom. The molecule has 0 saturated heterocycles. The monoisotopic (exact) mass is 275 g/mol. The van der Waals surface area contributed by atoms with Crippen LogP contribution in [0.3, 0.4) is 0 Å². The van der Waals surface area contributed by atoms with E-state index in [0.717, 1.165) is 6.26 Å². The van der Waals surface area contributed by atoms with Gasteiger partial charge in [0, 0.05) is 25.5 Å². The summed E-state index contributed by atoms with van der Waals surface area (Å²) >= 11 is 4.81. The third-order valence-corrected chi connectivity index (χ3v) is 2.64. The largest absolute Gasteiger partial charge is 0.388 e. The molecule has 0 aromatic carbocycles. The third kappa shape index (κ3) is 5.02. The Morgan fingerprint density at radius 1 is 1.41 bits per heavy atom. The quantitative estimate of drug-likeness (QED) is 0.454. The minimum Gasteiger partial charge on any atom is -0.388 e. The first-order valence-electron chi connectivity index (χ1n) is 4.69. The van der Waals surface area contributed by atoms with E-state index in [-0.39, 0.29) is 11.5 Å². The third-order valence-electron chi connectivity index (χ3n) is 1.71. The molecular formula is C8H13N5O2S2. The Bertz CT molecular complexity index is 502. The Labute approximate surface area is 105 Å². The van der Waals surface area contributed by atoms with Crippen LogP contribution >= 0.6 is 12.2 Å². The summed E-state index contributed by atoms with van der Waals surface area (Å²) < 4.78 is 24.0. The van der Waals surface area contributed by atoms with Gasteiger partial charge in [-0.1, -0.05) is 12.2 Å². The zero-order valence-electron chi connectivity index (χ0n) is 9.17. The van der Waals surface area contributed by atoms with E-state index < -0.39 is 10.0 Å². The summed E-state index contributed by atoms with van der Waals surface area (Å²) in [5, 5.41) is 2.90. The number of nitrogens with one attached hydrogen (secondary N) is 2. The lowest BCUT2D eigenvalue weighted by atomic mass is 10.4. The smallest absolute Gasteiger partial charge is 0.208 e. The molecule has 1 heterocycles. The van der Waals surface area contributed by atoms with Crippen molar-refractivity contribution < 1.29 is 8.42 Å². The molecule has 0 amide bonds. The standard InChI is InChI=1S/C8H13N5O2S2/c1-17(14,15)13-5-4-12-8-6(7(9)16)10-2-3-11-8/h2-3,13H,4-5H2,1H3,(H2,9,16)(H,11,12). The van der Waals surface area contributed by atoms with Crippen LogP contribution in [-0.4, -0.2) is 42.7 Å². The van der Waals surface area contributed by atoms with Gasteiger partial charge in [0.05, 0.1) is 6.26 Å². The Morgan fingerprint density at radius 2 is 2.06 bits per heavy atom. The van der Waals surface area contributed by atoms with Gasteiger partial charge in [-0.15, -0.1) is 0 Å². The van der Waals surface area contributed by atoms with Crippen molar-refractivity contribution in [3.8, 4) is 0 Å². The summed E-state index contributed by atoms with van der Waals surface area (Å²) in [6.45, 7) is 0.605. The van der Waals surface area contributed by atoms with Gasteiger partial charge in [0.2, 0.25) is 10.0 Å². The molecule has 0 bridgehead atoms. The van der Waals surface area contributed by atoms with Crippen LogP contribution in [0.5, 0.6) is 0 Å². The molecule has 4 N–H and O–H groups in total. The number of nitrogens with zero attached hydrogens (tertiary/aromatic N) is 2. The van der Waals surface area contributed by atoms with Gasteiger partial charge in [0.15, 0.2) is 5.82 Å². The molecule has 0 unspecified atom stereocenters. The van der Waals surface area contributed by atoms with Crippen molar-refractivity contribution in [3.05, 3.63) is 18.1 Å². The zero-order chi connectivity index (χ0) is 12.9. The summed E-state index contributed by atoms with van der Waals surface area (Å²) in [6.07, 6.45) is 4.07. The molecular weight excluding hydrogens is 262 g/mol. The molecule has 0 aliphatic heterocycles. The van der Waals surface area contributed by atoms with Crippen molar-refractivity contribution in [1.82, 2.24) is 14.7 Å². The summed E-state index contributed by atoms with van der Waals surface area (Å²) in [6, 6.07) is 0. The number of aromatic nitrogens is 2. The van der Waals surface area contributed by atoms with Crippen LogP contribution in [0.15, 0.2) is 12.4 Å². The van der Waals surface area contributed by atoms with E-state index in [9.17, 15) is 8.42 Å². The SMILES string of the molecule is CS(=O)(=O)NCCNc1nccnc1C(N)=S. The van der Waals surface area contributed by atoms with Crippen LogP contribution in [0.2, 0.25) is 0 Å². The molecule has 17 heavy (non-hydrogen) atoms. The van der Waals surface area contributed by atoms with Crippen molar-refractivity contribution in [1.29, 1.82) is 0 Å². The van der Waals surface area contributed by atoms with Gasteiger partial charge in [0.1, 0.15) is 10.7 Å². The average Bonchev–Trinajstić information content (AvgIpc) is 2.23. The first-order valence-corrected chi connectivity index (χ1v) is 6.99. The number of rotatable bonds is 6. The molecule has 0 saturated carbocycles. The normalized spacial score (nSPS) is 11.1. The first kappa shape index (κ1) is 13.7. The molecule has 0 atom stereocenters. The van der Waals surface area contributed by atoms with E-state index in [4.69, 9.17) is 18.0 Å². The second-order valence-electron chi connectivity index (χ2n) is 3.21. The van der Waals surface area contributed by atoms with Gasteiger partial charge in [-0.2, -0.15) is 0 Å². The van der Waals surface area contributed by atoms with Crippen LogP contribution in [0.4, 0.5) is 5.82 Å². The minimum absolute atomic E-state index is 0.136. The van der Waals surface area contributed by atoms with Gasteiger partial charge >= 0.3 is 0 Å². The molecule has 7 nitrogen and oxygen atoms in total. The Hall–Kier alpha value is -1.32. The highest BCUT2D eigenvalue weighted by Gasteiger charge is 2.07. The highest BCUT2D eigenvalue weighted by molar-refractivity contribution is 7.88. The predicted molar refractivity (Wildman–Crippen MR) is 69.3 cm³/mol. The fourth-order valence-electron chi connectivity index (χ4n) is 1.07. The van der Waals surface area contributed by atoms with Gasteiger partial charge < -0.3 is 11.1 Å². The fourth-order valence-corrected chi connectivity index (χ4v) is 1.69. The van der Waals surface area contributed by atoms with E-state index in [2.05, 4.69) is 20.0 Å². The summed E-state index contributed by atoms with van der Waals surface area (Å²) in [4.78, 5) is 8.13. The van der Waals surface area contributed by atoms with Crippen LogP contribution in [-0.2, 0) is 10.0 Å². The molecule has 1 aromatic rings. The Balaban J connectivity index is 2.55. The first-order chi connectivity index (χ1) is 7.90. The molecule has 0 fully saturated rings. The summed E-state index contributed by atoms with van der Waals surface area (Å²) in [5.41, 5.74) is 5.86. The highest BCUT2D eigenvalue weighted by Crippen LogP contribution is 2.06. The lowest BCUT2D eigenvalue weighted by molar-refractivity contribution is 0.589. The van der Waals surface area contributed by atoms with Gasteiger partial charge in [0.25, 0.3) is 0 Å². The van der Waals surface area contributed by atoms with Crippen LogP contribution in [0.25, 0.3) is 0 Å². The molecule has 1 aromatic heterocycles. The minimum atomic E-state index is -3.18. The number of thiocarbonyl (C=S) groups is 1. The average molecular weight is 275 g/mol. The topological polar surface area (TPSA) is 110 Å². The van der Waals surface area contributed by atoms with Crippen molar-refractivity contribution in [3.63, 3.8) is 0 Å². The van der Waals surface area contributed by atoms with E-state index in [1.807, 2.05) is 0 Å². The van der Waals surface area contributed by atoms with Gasteiger partial charge in [-0.3, -0.25) is 0 Å².